The summed E-state index contributed by atoms with van der Waals surface area (Å²) >= 11 is 0. The Hall–Kier alpha value is -1.36. The van der Waals surface area contributed by atoms with Crippen LogP contribution in [0.5, 0.6) is 0 Å². The molecule has 0 fully saturated rings. The molecule has 0 spiro atoms. The molecule has 0 atom stereocenters. The predicted molar refractivity (Wildman–Crippen MR) is 53.5 cm³/mol. The molecule has 14 heavy (non-hydrogen) atoms. The maximum absolute atomic E-state index is 10.4. The Morgan fingerprint density at radius 2 is 2.50 bits per heavy atom. The fourth-order valence-corrected chi connectivity index (χ4v) is 1.16. The highest BCUT2D eigenvalue weighted by molar-refractivity contribution is 5.73. The van der Waals surface area contributed by atoms with Gasteiger partial charge < -0.3 is 11.1 Å². The molecule has 78 valence electrons. The van der Waals surface area contributed by atoms with Gasteiger partial charge in [0.25, 0.3) is 0 Å². The van der Waals surface area contributed by atoms with E-state index in [0.29, 0.717) is 6.42 Å². The third-order valence-corrected chi connectivity index (χ3v) is 2.03. The summed E-state index contributed by atoms with van der Waals surface area (Å²) in [5.74, 6) is -0.244. The molecule has 0 saturated carbocycles. The van der Waals surface area contributed by atoms with Crippen molar-refractivity contribution in [3.63, 3.8) is 0 Å². The van der Waals surface area contributed by atoms with Crippen LogP contribution in [0.25, 0.3) is 0 Å². The van der Waals surface area contributed by atoms with Gasteiger partial charge in [0.1, 0.15) is 0 Å². The van der Waals surface area contributed by atoms with Crippen LogP contribution in [0, 0.1) is 6.92 Å². The Balaban J connectivity index is 2.10. The molecule has 0 aromatic carbocycles. The normalized spacial score (nSPS) is 10.4. The van der Waals surface area contributed by atoms with Gasteiger partial charge in [-0.15, -0.1) is 0 Å². The number of carbonyl (C=O) groups is 1. The van der Waals surface area contributed by atoms with Gasteiger partial charge in [0.05, 0.1) is 6.20 Å². The van der Waals surface area contributed by atoms with Gasteiger partial charge >= 0.3 is 0 Å². The molecule has 1 aromatic rings. The molecular weight excluding hydrogens is 180 g/mol. The summed E-state index contributed by atoms with van der Waals surface area (Å²) in [5, 5.41) is 9.99. The maximum atomic E-state index is 10.4. The summed E-state index contributed by atoms with van der Waals surface area (Å²) in [6.45, 7) is 3.56. The van der Waals surface area contributed by atoms with Crippen molar-refractivity contribution in [2.24, 2.45) is 5.73 Å². The number of rotatable bonds is 6. The van der Waals surface area contributed by atoms with Gasteiger partial charge in [0.2, 0.25) is 5.91 Å². The van der Waals surface area contributed by atoms with Crippen LogP contribution < -0.4 is 11.1 Å². The van der Waals surface area contributed by atoms with Crippen molar-refractivity contribution in [2.75, 3.05) is 6.54 Å². The summed E-state index contributed by atoms with van der Waals surface area (Å²) in [6.07, 6.45) is 3.03. The first-order valence-corrected chi connectivity index (χ1v) is 4.68. The molecule has 5 nitrogen and oxygen atoms in total. The molecular formula is C9H16N4O. The van der Waals surface area contributed by atoms with Gasteiger partial charge in [-0.25, -0.2) is 0 Å². The first-order chi connectivity index (χ1) is 6.70. The molecule has 1 rings (SSSR count). The summed E-state index contributed by atoms with van der Waals surface area (Å²) in [7, 11) is 0. The lowest BCUT2D eigenvalue weighted by atomic mass is 10.2. The molecule has 0 saturated heterocycles. The minimum absolute atomic E-state index is 0.244. The second-order valence-corrected chi connectivity index (χ2v) is 3.27. The van der Waals surface area contributed by atoms with E-state index < -0.39 is 0 Å². The zero-order chi connectivity index (χ0) is 10.4. The summed E-state index contributed by atoms with van der Waals surface area (Å²) in [4.78, 5) is 10.4. The summed E-state index contributed by atoms with van der Waals surface area (Å²) in [5.41, 5.74) is 7.24. The Morgan fingerprint density at radius 1 is 1.71 bits per heavy atom. The van der Waals surface area contributed by atoms with Gasteiger partial charge in [-0.3, -0.25) is 9.89 Å². The van der Waals surface area contributed by atoms with E-state index in [1.807, 2.05) is 6.92 Å². The average molecular weight is 196 g/mol. The number of primary amides is 1. The van der Waals surface area contributed by atoms with Crippen molar-refractivity contribution in [2.45, 2.75) is 26.3 Å². The molecule has 0 radical (unpaired) electrons. The highest BCUT2D eigenvalue weighted by Gasteiger charge is 1.99. The number of H-pyrrole nitrogens is 1. The molecule has 1 aromatic heterocycles. The fraction of sp³-hybridized carbons (Fsp3) is 0.556. The third-order valence-electron chi connectivity index (χ3n) is 2.03. The topological polar surface area (TPSA) is 83.8 Å². The lowest BCUT2D eigenvalue weighted by Crippen LogP contribution is -2.18. The minimum atomic E-state index is -0.244. The van der Waals surface area contributed by atoms with Crippen molar-refractivity contribution >= 4 is 5.91 Å². The number of nitrogens with zero attached hydrogens (tertiary/aromatic N) is 1. The molecule has 5 heteroatoms. The molecule has 0 aliphatic rings. The molecule has 0 bridgehead atoms. The van der Waals surface area contributed by atoms with Gasteiger partial charge in [-0.2, -0.15) is 5.10 Å². The monoisotopic (exact) mass is 196 g/mol. The average Bonchev–Trinajstić information content (AvgIpc) is 2.51. The molecule has 0 unspecified atom stereocenters. The quantitative estimate of drug-likeness (QED) is 0.563. The van der Waals surface area contributed by atoms with E-state index in [1.54, 1.807) is 6.20 Å². The van der Waals surface area contributed by atoms with Crippen LogP contribution in [0.2, 0.25) is 0 Å². The smallest absolute Gasteiger partial charge is 0.217 e. The van der Waals surface area contributed by atoms with Crippen molar-refractivity contribution in [1.29, 1.82) is 0 Å². The van der Waals surface area contributed by atoms with Gasteiger partial charge in [0.15, 0.2) is 0 Å². The number of aromatic amines is 1. The van der Waals surface area contributed by atoms with Crippen LogP contribution in [0.1, 0.15) is 24.1 Å². The Morgan fingerprint density at radius 3 is 3.07 bits per heavy atom. The van der Waals surface area contributed by atoms with Crippen molar-refractivity contribution in [1.82, 2.24) is 15.5 Å². The number of hydrogen-bond donors (Lipinski definition) is 3. The minimum Gasteiger partial charge on any atom is -0.370 e. The lowest BCUT2D eigenvalue weighted by Gasteiger charge is -2.02. The van der Waals surface area contributed by atoms with Crippen molar-refractivity contribution < 1.29 is 4.79 Å². The Kier molecular flexibility index (Phi) is 4.12. The van der Waals surface area contributed by atoms with E-state index in [4.69, 9.17) is 5.73 Å². The van der Waals surface area contributed by atoms with Crippen LogP contribution in [0.15, 0.2) is 6.20 Å². The van der Waals surface area contributed by atoms with Crippen LogP contribution in [-0.2, 0) is 11.3 Å². The standard InChI is InChI=1S/C9H16N4O/c1-7-8(6-12-13-7)5-11-4-2-3-9(10)14/h6,11H,2-5H2,1H3,(H2,10,14)(H,12,13). The zero-order valence-corrected chi connectivity index (χ0v) is 8.34. The van der Waals surface area contributed by atoms with E-state index >= 15 is 0 Å². The van der Waals surface area contributed by atoms with Crippen LogP contribution in [0.4, 0.5) is 0 Å². The highest BCUT2D eigenvalue weighted by atomic mass is 16.1. The SMILES string of the molecule is Cc1[nH]ncc1CNCCCC(N)=O. The molecule has 4 N–H and O–H groups in total. The molecule has 0 aliphatic carbocycles. The first-order valence-electron chi connectivity index (χ1n) is 4.68. The Labute approximate surface area is 83.1 Å². The fourth-order valence-electron chi connectivity index (χ4n) is 1.16. The number of aromatic nitrogens is 2. The van der Waals surface area contributed by atoms with Gasteiger partial charge in [0, 0.05) is 24.2 Å². The highest BCUT2D eigenvalue weighted by Crippen LogP contribution is 2.01. The molecule has 1 amide bonds. The number of aryl methyl sites for hydroxylation is 1. The number of carbonyl (C=O) groups excluding carboxylic acids is 1. The van der Waals surface area contributed by atoms with Gasteiger partial charge in [-0.05, 0) is 19.9 Å². The summed E-state index contributed by atoms with van der Waals surface area (Å²) < 4.78 is 0. The number of nitrogens with two attached hydrogens (primary N) is 1. The number of hydrogen-bond acceptors (Lipinski definition) is 3. The number of amides is 1. The van der Waals surface area contributed by atoms with Crippen LogP contribution >= 0.6 is 0 Å². The van der Waals surface area contributed by atoms with Crippen LogP contribution in [0.3, 0.4) is 0 Å². The maximum Gasteiger partial charge on any atom is 0.217 e. The predicted octanol–water partition coefficient (Wildman–Crippen LogP) is 0.0732. The van der Waals surface area contributed by atoms with E-state index in [2.05, 4.69) is 15.5 Å². The molecule has 1 heterocycles. The van der Waals surface area contributed by atoms with Gasteiger partial charge in [-0.1, -0.05) is 0 Å². The van der Waals surface area contributed by atoms with E-state index in [-0.39, 0.29) is 5.91 Å². The second kappa shape index (κ2) is 5.39. The third kappa shape index (κ3) is 3.57. The van der Waals surface area contributed by atoms with E-state index in [1.165, 1.54) is 0 Å². The van der Waals surface area contributed by atoms with E-state index in [9.17, 15) is 4.79 Å². The zero-order valence-electron chi connectivity index (χ0n) is 8.34. The molecule has 0 aliphatic heterocycles. The van der Waals surface area contributed by atoms with Crippen molar-refractivity contribution in [3.8, 4) is 0 Å². The van der Waals surface area contributed by atoms with Crippen LogP contribution in [-0.4, -0.2) is 22.6 Å². The van der Waals surface area contributed by atoms with Crippen molar-refractivity contribution in [3.05, 3.63) is 17.5 Å². The summed E-state index contributed by atoms with van der Waals surface area (Å²) in [6, 6.07) is 0. The number of nitrogens with one attached hydrogen (secondary N) is 2. The van der Waals surface area contributed by atoms with E-state index in [0.717, 1.165) is 30.8 Å². The first kappa shape index (κ1) is 10.7. The second-order valence-electron chi connectivity index (χ2n) is 3.27. The lowest BCUT2D eigenvalue weighted by molar-refractivity contribution is -0.118. The largest absolute Gasteiger partial charge is 0.370 e. The Bertz CT molecular complexity index is 295.